The molecule has 1 aliphatic heterocycles. The van der Waals surface area contributed by atoms with E-state index in [2.05, 4.69) is 21.4 Å². The number of hydrogen-bond acceptors (Lipinski definition) is 8. The number of thiophene rings is 1. The molecule has 0 aromatic carbocycles. The number of thiazole rings is 1. The molecule has 1 aliphatic rings. The van der Waals surface area contributed by atoms with Crippen molar-refractivity contribution in [3.8, 4) is 0 Å². The summed E-state index contributed by atoms with van der Waals surface area (Å²) in [4.78, 5) is 19.6. The van der Waals surface area contributed by atoms with Gasteiger partial charge in [-0.25, -0.2) is 15.0 Å². The average Bonchev–Trinajstić information content (AvgIpc) is 3.24. The van der Waals surface area contributed by atoms with Gasteiger partial charge in [0, 0.05) is 24.2 Å². The molecule has 0 spiro atoms. The Kier molecular flexibility index (Phi) is 3.83. The van der Waals surface area contributed by atoms with Gasteiger partial charge in [0.2, 0.25) is 0 Å². The number of likely N-dealkylation sites (N-methyl/N-ethyl adjacent to an activating group) is 1. The molecule has 24 heavy (non-hydrogen) atoms. The molecule has 0 radical (unpaired) electrons. The van der Waals surface area contributed by atoms with Crippen molar-refractivity contribution in [2.45, 2.75) is 6.04 Å². The topological polar surface area (TPSA) is 88.5 Å². The first-order chi connectivity index (χ1) is 11.8. The maximum absolute atomic E-state index is 5.81. The summed E-state index contributed by atoms with van der Waals surface area (Å²) < 4.78 is 0. The predicted molar refractivity (Wildman–Crippen MR) is 99.6 cm³/mol. The SMILES string of the molecule is CNC1=Nc2ncccc2C(c2cccs2)=NC1c1csc(N)n1. The highest BCUT2D eigenvalue weighted by molar-refractivity contribution is 7.13. The number of rotatable bonds is 2. The molecule has 3 N–H and O–H groups in total. The van der Waals surface area contributed by atoms with Crippen molar-refractivity contribution in [3.05, 3.63) is 57.4 Å². The lowest BCUT2D eigenvalue weighted by Crippen LogP contribution is -2.25. The van der Waals surface area contributed by atoms with E-state index >= 15 is 0 Å². The highest BCUT2D eigenvalue weighted by atomic mass is 32.1. The summed E-state index contributed by atoms with van der Waals surface area (Å²) in [6.45, 7) is 0. The average molecular weight is 354 g/mol. The van der Waals surface area contributed by atoms with E-state index < -0.39 is 0 Å². The number of fused-ring (bicyclic) bond motifs is 1. The van der Waals surface area contributed by atoms with Crippen LogP contribution in [0.1, 0.15) is 22.2 Å². The number of anilines is 1. The minimum Gasteiger partial charge on any atom is -0.375 e. The van der Waals surface area contributed by atoms with Gasteiger partial charge in [-0.05, 0) is 23.6 Å². The molecule has 0 bridgehead atoms. The third kappa shape index (κ3) is 2.59. The number of nitrogens with two attached hydrogens (primary N) is 1. The highest BCUT2D eigenvalue weighted by Crippen LogP contribution is 2.31. The van der Waals surface area contributed by atoms with E-state index in [1.807, 2.05) is 36.0 Å². The smallest absolute Gasteiger partial charge is 0.180 e. The lowest BCUT2D eigenvalue weighted by molar-refractivity contribution is 0.879. The molecule has 8 heteroatoms. The molecular formula is C16H14N6S2. The van der Waals surface area contributed by atoms with Crippen LogP contribution in [-0.2, 0) is 0 Å². The summed E-state index contributed by atoms with van der Waals surface area (Å²) in [6, 6.07) is 7.62. The molecule has 1 unspecified atom stereocenters. The second-order valence-corrected chi connectivity index (χ2v) is 6.93. The first kappa shape index (κ1) is 15.0. The van der Waals surface area contributed by atoms with Crippen LogP contribution in [0, 0.1) is 0 Å². The van der Waals surface area contributed by atoms with Crippen molar-refractivity contribution >= 4 is 45.2 Å². The Hall–Kier alpha value is -2.58. The fourth-order valence-corrected chi connectivity index (χ4v) is 3.86. The third-order valence-corrected chi connectivity index (χ3v) is 5.18. The maximum Gasteiger partial charge on any atom is 0.180 e. The van der Waals surface area contributed by atoms with Gasteiger partial charge in [-0.15, -0.1) is 22.7 Å². The zero-order chi connectivity index (χ0) is 16.5. The van der Waals surface area contributed by atoms with E-state index in [9.17, 15) is 0 Å². The summed E-state index contributed by atoms with van der Waals surface area (Å²) in [5, 5.41) is 7.62. The molecule has 3 aromatic heterocycles. The largest absolute Gasteiger partial charge is 0.375 e. The first-order valence-electron chi connectivity index (χ1n) is 7.30. The molecular weight excluding hydrogens is 340 g/mol. The van der Waals surface area contributed by atoms with Gasteiger partial charge in [0.15, 0.2) is 17.0 Å². The Morgan fingerprint density at radius 3 is 2.83 bits per heavy atom. The van der Waals surface area contributed by atoms with Crippen molar-refractivity contribution in [2.24, 2.45) is 9.98 Å². The number of aromatic nitrogens is 2. The highest BCUT2D eigenvalue weighted by Gasteiger charge is 2.26. The molecule has 0 amide bonds. The number of amidine groups is 1. The Morgan fingerprint density at radius 2 is 2.12 bits per heavy atom. The fourth-order valence-electron chi connectivity index (χ4n) is 2.54. The van der Waals surface area contributed by atoms with Gasteiger partial charge in [0.1, 0.15) is 5.84 Å². The molecule has 3 aromatic rings. The van der Waals surface area contributed by atoms with Crippen LogP contribution in [-0.4, -0.2) is 28.6 Å². The van der Waals surface area contributed by atoms with Crippen LogP contribution >= 0.6 is 22.7 Å². The fraction of sp³-hybridized carbons (Fsp3) is 0.125. The van der Waals surface area contributed by atoms with Crippen LogP contribution < -0.4 is 11.1 Å². The van der Waals surface area contributed by atoms with Gasteiger partial charge in [-0.1, -0.05) is 6.07 Å². The molecule has 1 atom stereocenters. The van der Waals surface area contributed by atoms with Gasteiger partial charge >= 0.3 is 0 Å². The number of pyridine rings is 1. The summed E-state index contributed by atoms with van der Waals surface area (Å²) in [5.41, 5.74) is 8.39. The van der Waals surface area contributed by atoms with Crippen LogP contribution in [0.2, 0.25) is 0 Å². The summed E-state index contributed by atoms with van der Waals surface area (Å²) in [7, 11) is 1.83. The molecule has 0 fully saturated rings. The Morgan fingerprint density at radius 1 is 1.21 bits per heavy atom. The third-order valence-electron chi connectivity index (χ3n) is 3.62. The predicted octanol–water partition coefficient (Wildman–Crippen LogP) is 3.02. The molecule has 4 heterocycles. The second-order valence-electron chi connectivity index (χ2n) is 5.09. The van der Waals surface area contributed by atoms with E-state index in [1.165, 1.54) is 11.3 Å². The molecule has 6 nitrogen and oxygen atoms in total. The van der Waals surface area contributed by atoms with Crippen LogP contribution in [0.25, 0.3) is 0 Å². The summed E-state index contributed by atoms with van der Waals surface area (Å²) in [5.74, 6) is 1.35. The lowest BCUT2D eigenvalue weighted by Gasteiger charge is -2.12. The van der Waals surface area contributed by atoms with Crippen LogP contribution in [0.15, 0.2) is 51.2 Å². The normalized spacial score (nSPS) is 16.8. The van der Waals surface area contributed by atoms with Crippen molar-refractivity contribution in [1.82, 2.24) is 15.3 Å². The van der Waals surface area contributed by atoms with Crippen LogP contribution in [0.5, 0.6) is 0 Å². The Labute approximate surface area is 146 Å². The molecule has 120 valence electrons. The van der Waals surface area contributed by atoms with Gasteiger partial charge in [-0.2, -0.15) is 0 Å². The number of nitrogens with zero attached hydrogens (tertiary/aromatic N) is 4. The maximum atomic E-state index is 5.81. The lowest BCUT2D eigenvalue weighted by atomic mass is 10.1. The van der Waals surface area contributed by atoms with E-state index in [0.29, 0.717) is 16.8 Å². The van der Waals surface area contributed by atoms with Crippen LogP contribution in [0.4, 0.5) is 10.9 Å². The Bertz CT molecular complexity index is 926. The zero-order valence-corrected chi connectivity index (χ0v) is 14.4. The standard InChI is InChI=1S/C16H14N6S2/c1-18-15-13(10-8-24-16(17)20-10)21-12(11-5-3-7-23-11)9-4-2-6-19-14(9)22-15/h2-8,13H,1H3,(H2,17,20)(H,18,19,22). The van der Waals surface area contributed by atoms with Crippen molar-refractivity contribution < 1.29 is 0 Å². The van der Waals surface area contributed by atoms with Gasteiger partial charge < -0.3 is 11.1 Å². The number of aliphatic imine (C=N–C) groups is 2. The quantitative estimate of drug-likeness (QED) is 0.740. The van der Waals surface area contributed by atoms with E-state index in [4.69, 9.17) is 15.7 Å². The Balaban J connectivity index is 1.95. The van der Waals surface area contributed by atoms with Crippen molar-refractivity contribution in [2.75, 3.05) is 12.8 Å². The number of nitrogens with one attached hydrogen (secondary N) is 1. The van der Waals surface area contributed by atoms with Crippen molar-refractivity contribution in [1.29, 1.82) is 0 Å². The second kappa shape index (κ2) is 6.14. The molecule has 0 saturated heterocycles. The molecule has 0 saturated carbocycles. The first-order valence-corrected chi connectivity index (χ1v) is 9.06. The van der Waals surface area contributed by atoms with Crippen LogP contribution in [0.3, 0.4) is 0 Å². The summed E-state index contributed by atoms with van der Waals surface area (Å²) >= 11 is 3.04. The van der Waals surface area contributed by atoms with Crippen molar-refractivity contribution in [3.63, 3.8) is 0 Å². The van der Waals surface area contributed by atoms with Gasteiger partial charge in [0.25, 0.3) is 0 Å². The van der Waals surface area contributed by atoms with Gasteiger partial charge in [0.05, 0.1) is 16.3 Å². The monoisotopic (exact) mass is 354 g/mol. The van der Waals surface area contributed by atoms with E-state index in [0.717, 1.165) is 21.8 Å². The van der Waals surface area contributed by atoms with E-state index in [1.54, 1.807) is 17.5 Å². The minimum absolute atomic E-state index is 0.338. The summed E-state index contributed by atoms with van der Waals surface area (Å²) in [6.07, 6.45) is 1.74. The molecule has 0 aliphatic carbocycles. The number of nitrogen functional groups attached to an aromatic ring is 1. The van der Waals surface area contributed by atoms with Gasteiger partial charge in [-0.3, -0.25) is 4.99 Å². The number of hydrogen-bond donors (Lipinski definition) is 2. The molecule has 4 rings (SSSR count). The zero-order valence-electron chi connectivity index (χ0n) is 12.8. The minimum atomic E-state index is -0.338. The van der Waals surface area contributed by atoms with E-state index in [-0.39, 0.29) is 6.04 Å².